The lowest BCUT2D eigenvalue weighted by atomic mass is 10.1. The largest absolute Gasteiger partial charge is 0.355 e. The van der Waals surface area contributed by atoms with Crippen molar-refractivity contribution in [3.8, 4) is 0 Å². The fourth-order valence-electron chi connectivity index (χ4n) is 3.75. The van der Waals surface area contributed by atoms with Crippen LogP contribution in [0.3, 0.4) is 0 Å². The predicted molar refractivity (Wildman–Crippen MR) is 102 cm³/mol. The molecule has 7 heteroatoms. The van der Waals surface area contributed by atoms with Crippen LogP contribution in [0.1, 0.15) is 37.8 Å². The lowest BCUT2D eigenvalue weighted by Crippen LogP contribution is -2.54. The molecule has 1 heterocycles. The maximum absolute atomic E-state index is 13.0. The summed E-state index contributed by atoms with van der Waals surface area (Å²) in [5.41, 5.74) is 2.45. The van der Waals surface area contributed by atoms with Gasteiger partial charge in [-0.25, -0.2) is 8.42 Å². The van der Waals surface area contributed by atoms with Gasteiger partial charge < -0.3 is 5.32 Å². The topological polar surface area (TPSA) is 69.7 Å². The number of sulfonamides is 1. The van der Waals surface area contributed by atoms with Gasteiger partial charge in [0.1, 0.15) is 0 Å². The standard InChI is InChI=1S/C19H29N3O3S/c1-3-9-20-19(23)15(2)21-10-12-22(13-11-21)26(24,25)18-8-7-16-5-4-6-17(16)14-18/h7-8,14-15H,3-6,9-13H2,1-2H3,(H,20,23)/t15-/m1/s1. The number of amides is 1. The van der Waals surface area contributed by atoms with Crippen molar-refractivity contribution in [1.29, 1.82) is 0 Å². The molecule has 0 aromatic heterocycles. The Labute approximate surface area is 156 Å². The highest BCUT2D eigenvalue weighted by Gasteiger charge is 2.32. The van der Waals surface area contributed by atoms with Gasteiger partial charge in [-0.1, -0.05) is 13.0 Å². The van der Waals surface area contributed by atoms with Crippen LogP contribution in [0.15, 0.2) is 23.1 Å². The molecule has 6 nitrogen and oxygen atoms in total. The van der Waals surface area contributed by atoms with Crippen LogP contribution in [0.4, 0.5) is 0 Å². The van der Waals surface area contributed by atoms with Crippen molar-refractivity contribution in [2.75, 3.05) is 32.7 Å². The van der Waals surface area contributed by atoms with E-state index >= 15 is 0 Å². The normalized spacial score (nSPS) is 19.9. The monoisotopic (exact) mass is 379 g/mol. The molecule has 1 aliphatic carbocycles. The zero-order valence-electron chi connectivity index (χ0n) is 15.7. The Kier molecular flexibility index (Phi) is 5.99. The van der Waals surface area contributed by atoms with E-state index in [0.29, 0.717) is 37.6 Å². The zero-order chi connectivity index (χ0) is 18.7. The average Bonchev–Trinajstić information content (AvgIpc) is 3.13. The quantitative estimate of drug-likeness (QED) is 0.811. The van der Waals surface area contributed by atoms with Gasteiger partial charge in [-0.15, -0.1) is 0 Å². The van der Waals surface area contributed by atoms with Crippen LogP contribution < -0.4 is 5.32 Å². The van der Waals surface area contributed by atoms with E-state index in [1.165, 1.54) is 11.1 Å². The molecule has 1 atom stereocenters. The molecule has 1 amide bonds. The Hall–Kier alpha value is -1.44. The van der Waals surface area contributed by atoms with Crippen LogP contribution in [0.5, 0.6) is 0 Å². The first-order valence-electron chi connectivity index (χ1n) is 9.57. The smallest absolute Gasteiger partial charge is 0.243 e. The fraction of sp³-hybridized carbons (Fsp3) is 0.632. The fourth-order valence-corrected chi connectivity index (χ4v) is 5.22. The second-order valence-corrected chi connectivity index (χ2v) is 9.13. The number of hydrogen-bond acceptors (Lipinski definition) is 4. The molecule has 0 spiro atoms. The Morgan fingerprint density at radius 3 is 2.54 bits per heavy atom. The number of hydrogen-bond donors (Lipinski definition) is 1. The average molecular weight is 380 g/mol. The second kappa shape index (κ2) is 8.06. The van der Waals surface area contributed by atoms with Crippen molar-refractivity contribution in [3.05, 3.63) is 29.3 Å². The third-order valence-electron chi connectivity index (χ3n) is 5.46. The predicted octanol–water partition coefficient (Wildman–Crippen LogP) is 1.40. The summed E-state index contributed by atoms with van der Waals surface area (Å²) >= 11 is 0. The van der Waals surface area contributed by atoms with Gasteiger partial charge in [-0.05, 0) is 55.9 Å². The first-order valence-corrected chi connectivity index (χ1v) is 11.0. The summed E-state index contributed by atoms with van der Waals surface area (Å²) in [6.45, 7) is 6.57. The van der Waals surface area contributed by atoms with Gasteiger partial charge in [0.2, 0.25) is 15.9 Å². The number of fused-ring (bicyclic) bond motifs is 1. The summed E-state index contributed by atoms with van der Waals surface area (Å²) in [7, 11) is -3.46. The number of nitrogens with one attached hydrogen (secondary N) is 1. The molecule has 0 bridgehead atoms. The van der Waals surface area contributed by atoms with Gasteiger partial charge in [0.05, 0.1) is 10.9 Å². The third-order valence-corrected chi connectivity index (χ3v) is 7.35. The summed E-state index contributed by atoms with van der Waals surface area (Å²) < 4.78 is 27.5. The van der Waals surface area contributed by atoms with Gasteiger partial charge in [0, 0.05) is 32.7 Å². The van der Waals surface area contributed by atoms with Crippen molar-refractivity contribution in [1.82, 2.24) is 14.5 Å². The first kappa shape index (κ1) is 19.3. The van der Waals surface area contributed by atoms with Crippen LogP contribution >= 0.6 is 0 Å². The maximum atomic E-state index is 13.0. The molecule has 1 aromatic carbocycles. The molecular weight excluding hydrogens is 350 g/mol. The molecular formula is C19H29N3O3S. The maximum Gasteiger partial charge on any atom is 0.243 e. The lowest BCUT2D eigenvalue weighted by molar-refractivity contribution is -0.126. The zero-order valence-corrected chi connectivity index (χ0v) is 16.5. The summed E-state index contributed by atoms with van der Waals surface area (Å²) in [6, 6.07) is 5.33. The molecule has 3 rings (SSSR count). The van der Waals surface area contributed by atoms with E-state index < -0.39 is 10.0 Å². The highest BCUT2D eigenvalue weighted by atomic mass is 32.2. The van der Waals surface area contributed by atoms with Crippen LogP contribution in [0.25, 0.3) is 0 Å². The number of rotatable bonds is 6. The number of nitrogens with zero attached hydrogens (tertiary/aromatic N) is 2. The van der Waals surface area contributed by atoms with E-state index in [9.17, 15) is 13.2 Å². The lowest BCUT2D eigenvalue weighted by Gasteiger charge is -2.36. The Morgan fingerprint density at radius 1 is 1.15 bits per heavy atom. The number of aryl methyl sites for hydroxylation is 2. The molecule has 1 fully saturated rings. The van der Waals surface area contributed by atoms with Crippen molar-refractivity contribution < 1.29 is 13.2 Å². The van der Waals surface area contributed by atoms with Crippen molar-refractivity contribution in [2.24, 2.45) is 0 Å². The van der Waals surface area contributed by atoms with Gasteiger partial charge in [-0.3, -0.25) is 9.69 Å². The SMILES string of the molecule is CCCNC(=O)[C@@H](C)N1CCN(S(=O)(=O)c2ccc3c(c2)CCC3)CC1. The first-order chi connectivity index (χ1) is 12.4. The van der Waals surface area contributed by atoms with E-state index in [1.54, 1.807) is 10.4 Å². The molecule has 144 valence electrons. The highest BCUT2D eigenvalue weighted by molar-refractivity contribution is 7.89. The highest BCUT2D eigenvalue weighted by Crippen LogP contribution is 2.26. The Balaban J connectivity index is 1.63. The van der Waals surface area contributed by atoms with Gasteiger partial charge >= 0.3 is 0 Å². The van der Waals surface area contributed by atoms with Crippen molar-refractivity contribution in [2.45, 2.75) is 50.5 Å². The summed E-state index contributed by atoms with van der Waals surface area (Å²) in [5.74, 6) is 0.0155. The van der Waals surface area contributed by atoms with E-state index in [-0.39, 0.29) is 11.9 Å². The second-order valence-electron chi connectivity index (χ2n) is 7.19. The molecule has 0 saturated carbocycles. The minimum Gasteiger partial charge on any atom is -0.355 e. The molecule has 2 aliphatic rings. The van der Waals surface area contributed by atoms with Crippen molar-refractivity contribution >= 4 is 15.9 Å². The van der Waals surface area contributed by atoms with E-state index in [1.807, 2.05) is 26.0 Å². The minimum absolute atomic E-state index is 0.0155. The van der Waals surface area contributed by atoms with E-state index in [4.69, 9.17) is 0 Å². The van der Waals surface area contributed by atoms with Crippen LogP contribution in [-0.4, -0.2) is 62.3 Å². The van der Waals surface area contributed by atoms with Crippen LogP contribution in [-0.2, 0) is 27.7 Å². The van der Waals surface area contributed by atoms with Crippen LogP contribution in [0.2, 0.25) is 0 Å². The number of benzene rings is 1. The molecule has 0 unspecified atom stereocenters. The molecule has 0 radical (unpaired) electrons. The van der Waals surface area contributed by atoms with Gasteiger partial charge in [0.15, 0.2) is 0 Å². The molecule has 1 N–H and O–H groups in total. The summed E-state index contributed by atoms with van der Waals surface area (Å²) in [4.78, 5) is 14.6. The van der Waals surface area contributed by atoms with E-state index in [0.717, 1.165) is 25.7 Å². The molecule has 1 saturated heterocycles. The Bertz CT molecular complexity index is 755. The number of piperazine rings is 1. The van der Waals surface area contributed by atoms with Gasteiger partial charge in [-0.2, -0.15) is 4.31 Å². The third kappa shape index (κ3) is 3.94. The van der Waals surface area contributed by atoms with Gasteiger partial charge in [0.25, 0.3) is 0 Å². The molecule has 1 aliphatic heterocycles. The summed E-state index contributed by atoms with van der Waals surface area (Å²) in [6.07, 6.45) is 4.03. The molecule has 26 heavy (non-hydrogen) atoms. The minimum atomic E-state index is -3.46. The van der Waals surface area contributed by atoms with Crippen LogP contribution in [0, 0.1) is 0 Å². The number of carbonyl (C=O) groups is 1. The molecule has 1 aromatic rings. The van der Waals surface area contributed by atoms with Crippen molar-refractivity contribution in [3.63, 3.8) is 0 Å². The number of carbonyl (C=O) groups excluding carboxylic acids is 1. The Morgan fingerprint density at radius 2 is 1.85 bits per heavy atom. The van der Waals surface area contributed by atoms with E-state index in [2.05, 4.69) is 10.2 Å². The summed E-state index contributed by atoms with van der Waals surface area (Å²) in [5, 5.41) is 2.91.